The molecule has 0 bridgehead atoms. The summed E-state index contributed by atoms with van der Waals surface area (Å²) in [5.41, 5.74) is 0.273. The number of hydrogen-bond acceptors (Lipinski definition) is 5. The van der Waals surface area contributed by atoms with Crippen LogP contribution in [-0.2, 0) is 9.53 Å². The summed E-state index contributed by atoms with van der Waals surface area (Å²) < 4.78 is 9.56. The Morgan fingerprint density at radius 1 is 1.33 bits per heavy atom. The Morgan fingerprint density at radius 3 is 2.61 bits per heavy atom. The Labute approximate surface area is 105 Å². The van der Waals surface area contributed by atoms with Crippen molar-refractivity contribution in [3.05, 3.63) is 41.7 Å². The van der Waals surface area contributed by atoms with E-state index in [1.165, 1.54) is 0 Å². The summed E-state index contributed by atoms with van der Waals surface area (Å²) in [6, 6.07) is 6.58. The Balaban J connectivity index is 3.00. The lowest BCUT2D eigenvalue weighted by atomic mass is 10.1. The molecular formula is C13H14O5. The quantitative estimate of drug-likeness (QED) is 0.374. The van der Waals surface area contributed by atoms with Gasteiger partial charge in [-0.1, -0.05) is 12.1 Å². The fraction of sp³-hybridized carbons (Fsp3) is 0.231. The van der Waals surface area contributed by atoms with E-state index in [1.807, 2.05) is 0 Å². The first-order valence-corrected chi connectivity index (χ1v) is 5.35. The smallest absolute Gasteiger partial charge is 0.373 e. The largest absolute Gasteiger partial charge is 0.502 e. The maximum absolute atomic E-state index is 11.8. The summed E-state index contributed by atoms with van der Waals surface area (Å²) in [6.07, 6.45) is 0.809. The number of esters is 1. The van der Waals surface area contributed by atoms with Crippen molar-refractivity contribution in [1.82, 2.24) is 0 Å². The molecule has 0 aliphatic rings. The maximum Gasteiger partial charge on any atom is 0.373 e. The lowest BCUT2D eigenvalue weighted by Crippen LogP contribution is -2.08. The fourth-order valence-corrected chi connectivity index (χ4v) is 1.32. The van der Waals surface area contributed by atoms with E-state index in [0.29, 0.717) is 12.4 Å². The number of allylic oxidation sites excluding steroid dienone is 1. The Morgan fingerprint density at radius 2 is 2.00 bits per heavy atom. The van der Waals surface area contributed by atoms with Gasteiger partial charge in [0, 0.05) is 6.08 Å². The van der Waals surface area contributed by atoms with E-state index in [2.05, 4.69) is 4.74 Å². The molecule has 0 aliphatic heterocycles. The lowest BCUT2D eigenvalue weighted by molar-refractivity contribution is -0.139. The highest BCUT2D eigenvalue weighted by molar-refractivity contribution is 6.09. The third-order valence-electron chi connectivity index (χ3n) is 2.11. The summed E-state index contributed by atoms with van der Waals surface area (Å²) in [5, 5.41) is 9.30. The predicted molar refractivity (Wildman–Crippen MR) is 64.7 cm³/mol. The predicted octanol–water partition coefficient (Wildman–Crippen LogP) is 1.88. The van der Waals surface area contributed by atoms with Crippen LogP contribution in [0.1, 0.15) is 17.3 Å². The fourth-order valence-electron chi connectivity index (χ4n) is 1.32. The van der Waals surface area contributed by atoms with Gasteiger partial charge in [0.2, 0.25) is 5.76 Å². The zero-order valence-electron chi connectivity index (χ0n) is 10.2. The van der Waals surface area contributed by atoms with Crippen LogP contribution in [0.15, 0.2) is 36.1 Å². The molecule has 0 unspecified atom stereocenters. The number of hydrogen-bond donors (Lipinski definition) is 1. The van der Waals surface area contributed by atoms with Gasteiger partial charge >= 0.3 is 5.97 Å². The third-order valence-corrected chi connectivity index (χ3v) is 2.11. The van der Waals surface area contributed by atoms with Gasteiger partial charge in [-0.25, -0.2) is 4.79 Å². The standard InChI is InChI=1S/C13H14O5/c1-3-18-12-7-5-4-6-9(12)10(14)8-11(15)13(16)17-2/h4-8,15H,3H2,1-2H3/b11-8-. The van der Waals surface area contributed by atoms with Gasteiger partial charge in [-0.3, -0.25) is 4.79 Å². The first kappa shape index (κ1) is 13.8. The number of aliphatic hydroxyl groups excluding tert-OH is 1. The average Bonchev–Trinajstić information content (AvgIpc) is 2.38. The second kappa shape index (κ2) is 6.44. The average molecular weight is 250 g/mol. The molecule has 0 aliphatic carbocycles. The van der Waals surface area contributed by atoms with Crippen LogP contribution in [0, 0.1) is 0 Å². The molecule has 0 aromatic heterocycles. The van der Waals surface area contributed by atoms with E-state index in [0.717, 1.165) is 13.2 Å². The number of rotatable bonds is 5. The molecule has 0 spiro atoms. The second-order valence-corrected chi connectivity index (χ2v) is 3.31. The number of aliphatic hydroxyl groups is 1. The molecule has 1 rings (SSSR count). The number of carbonyl (C=O) groups is 2. The first-order valence-electron chi connectivity index (χ1n) is 5.35. The Kier molecular flexibility index (Phi) is 4.92. The third kappa shape index (κ3) is 3.35. The van der Waals surface area contributed by atoms with Crippen LogP contribution < -0.4 is 4.74 Å². The maximum atomic E-state index is 11.8. The van der Waals surface area contributed by atoms with Crippen molar-refractivity contribution in [2.45, 2.75) is 6.92 Å². The van der Waals surface area contributed by atoms with E-state index in [1.54, 1.807) is 31.2 Å². The van der Waals surface area contributed by atoms with Gasteiger partial charge in [0.1, 0.15) is 5.75 Å². The molecule has 0 radical (unpaired) electrons. The number of carbonyl (C=O) groups excluding carboxylic acids is 2. The van der Waals surface area contributed by atoms with Gasteiger partial charge in [-0.05, 0) is 19.1 Å². The van der Waals surface area contributed by atoms with E-state index in [4.69, 9.17) is 4.74 Å². The molecule has 96 valence electrons. The molecule has 0 atom stereocenters. The summed E-state index contributed by atoms with van der Waals surface area (Å²) in [4.78, 5) is 22.8. The molecular weight excluding hydrogens is 236 g/mol. The van der Waals surface area contributed by atoms with Crippen LogP contribution in [0.2, 0.25) is 0 Å². The number of ether oxygens (including phenoxy) is 2. The van der Waals surface area contributed by atoms with Gasteiger partial charge in [-0.2, -0.15) is 0 Å². The van der Waals surface area contributed by atoms with E-state index in [9.17, 15) is 14.7 Å². The van der Waals surface area contributed by atoms with Crippen molar-refractivity contribution >= 4 is 11.8 Å². The zero-order valence-corrected chi connectivity index (χ0v) is 10.2. The molecule has 0 saturated heterocycles. The summed E-state index contributed by atoms with van der Waals surface area (Å²) >= 11 is 0. The summed E-state index contributed by atoms with van der Waals surface area (Å²) in [5.74, 6) is -1.83. The van der Waals surface area contributed by atoms with Gasteiger partial charge in [0.05, 0.1) is 19.3 Å². The molecule has 18 heavy (non-hydrogen) atoms. The molecule has 0 fully saturated rings. The van der Waals surface area contributed by atoms with Crippen LogP contribution in [0.5, 0.6) is 5.75 Å². The van der Waals surface area contributed by atoms with Crippen LogP contribution in [-0.4, -0.2) is 30.6 Å². The van der Waals surface area contributed by atoms with E-state index < -0.39 is 17.5 Å². The van der Waals surface area contributed by atoms with Crippen molar-refractivity contribution in [3.8, 4) is 5.75 Å². The molecule has 1 aromatic carbocycles. The molecule has 1 aromatic rings. The molecule has 0 amide bonds. The van der Waals surface area contributed by atoms with Gasteiger partial charge < -0.3 is 14.6 Å². The van der Waals surface area contributed by atoms with Crippen molar-refractivity contribution in [1.29, 1.82) is 0 Å². The number of methoxy groups -OCH3 is 1. The minimum Gasteiger partial charge on any atom is -0.502 e. The minimum absolute atomic E-state index is 0.273. The monoisotopic (exact) mass is 250 g/mol. The second-order valence-electron chi connectivity index (χ2n) is 3.31. The van der Waals surface area contributed by atoms with Crippen LogP contribution in [0.3, 0.4) is 0 Å². The normalized spacial score (nSPS) is 10.9. The highest BCUT2D eigenvalue weighted by atomic mass is 16.5. The van der Waals surface area contributed by atoms with Crippen LogP contribution in [0.25, 0.3) is 0 Å². The van der Waals surface area contributed by atoms with E-state index >= 15 is 0 Å². The SMILES string of the molecule is CCOc1ccccc1C(=O)/C=C(\O)C(=O)OC. The highest BCUT2D eigenvalue weighted by Gasteiger charge is 2.14. The van der Waals surface area contributed by atoms with Crippen LogP contribution >= 0.6 is 0 Å². The molecule has 5 nitrogen and oxygen atoms in total. The van der Waals surface area contributed by atoms with Crippen molar-refractivity contribution in [2.24, 2.45) is 0 Å². The molecule has 0 saturated carbocycles. The number of benzene rings is 1. The lowest BCUT2D eigenvalue weighted by Gasteiger charge is -2.07. The summed E-state index contributed by atoms with van der Waals surface area (Å²) in [7, 11) is 1.12. The Hall–Kier alpha value is -2.30. The Bertz CT molecular complexity index is 476. The van der Waals surface area contributed by atoms with Gasteiger partial charge in [-0.15, -0.1) is 0 Å². The molecule has 5 heteroatoms. The van der Waals surface area contributed by atoms with Crippen molar-refractivity contribution in [2.75, 3.05) is 13.7 Å². The topological polar surface area (TPSA) is 72.8 Å². The van der Waals surface area contributed by atoms with Gasteiger partial charge in [0.25, 0.3) is 0 Å². The first-order chi connectivity index (χ1) is 8.60. The highest BCUT2D eigenvalue weighted by Crippen LogP contribution is 2.19. The van der Waals surface area contributed by atoms with Crippen LogP contribution in [0.4, 0.5) is 0 Å². The van der Waals surface area contributed by atoms with Crippen molar-refractivity contribution < 1.29 is 24.2 Å². The summed E-state index contributed by atoms with van der Waals surface area (Å²) in [6.45, 7) is 2.21. The number of ketones is 1. The van der Waals surface area contributed by atoms with E-state index in [-0.39, 0.29) is 5.56 Å². The van der Waals surface area contributed by atoms with Crippen molar-refractivity contribution in [3.63, 3.8) is 0 Å². The number of para-hydroxylation sites is 1. The molecule has 0 heterocycles. The van der Waals surface area contributed by atoms with Gasteiger partial charge in [0.15, 0.2) is 5.78 Å². The zero-order chi connectivity index (χ0) is 13.5. The minimum atomic E-state index is -0.961. The molecule has 1 N–H and O–H groups in total.